The van der Waals surface area contributed by atoms with Crippen LogP contribution in [0.5, 0.6) is 5.75 Å². The molecule has 1 heterocycles. The van der Waals surface area contributed by atoms with Crippen molar-refractivity contribution in [2.45, 2.75) is 32.3 Å². The number of aryl methyl sites for hydroxylation is 1. The first kappa shape index (κ1) is 14.6. The Morgan fingerprint density at radius 3 is 2.74 bits per heavy atom. The van der Waals surface area contributed by atoms with E-state index in [2.05, 4.69) is 4.90 Å². The quantitative estimate of drug-likeness (QED) is 0.902. The third-order valence-electron chi connectivity index (χ3n) is 3.49. The maximum absolute atomic E-state index is 10.0. The van der Waals surface area contributed by atoms with Crippen molar-refractivity contribution in [3.05, 3.63) is 28.8 Å². The maximum Gasteiger partial charge on any atom is 0.122 e. The van der Waals surface area contributed by atoms with Gasteiger partial charge in [0.2, 0.25) is 0 Å². The summed E-state index contributed by atoms with van der Waals surface area (Å²) >= 11 is 5.90. The molecule has 1 N–H and O–H groups in total. The van der Waals surface area contributed by atoms with E-state index in [1.165, 1.54) is 19.3 Å². The van der Waals surface area contributed by atoms with E-state index < -0.39 is 6.10 Å². The van der Waals surface area contributed by atoms with Crippen LogP contribution in [-0.2, 0) is 0 Å². The molecule has 1 aliphatic heterocycles. The summed E-state index contributed by atoms with van der Waals surface area (Å²) < 4.78 is 5.66. The van der Waals surface area contributed by atoms with E-state index in [0.29, 0.717) is 18.2 Å². The number of halogens is 1. The van der Waals surface area contributed by atoms with E-state index in [0.717, 1.165) is 24.4 Å². The lowest BCUT2D eigenvalue weighted by Crippen LogP contribution is -2.38. The van der Waals surface area contributed by atoms with Crippen molar-refractivity contribution in [2.24, 2.45) is 0 Å². The van der Waals surface area contributed by atoms with Gasteiger partial charge in [-0.05, 0) is 56.6 Å². The summed E-state index contributed by atoms with van der Waals surface area (Å²) in [5, 5.41) is 10.7. The molecular weight excluding hydrogens is 262 g/mol. The van der Waals surface area contributed by atoms with Crippen molar-refractivity contribution in [3.63, 3.8) is 0 Å². The Bertz CT molecular complexity index is 405. The molecule has 1 aromatic carbocycles. The number of rotatable bonds is 5. The molecule has 0 saturated carbocycles. The van der Waals surface area contributed by atoms with Gasteiger partial charge >= 0.3 is 0 Å². The number of nitrogens with zero attached hydrogens (tertiary/aromatic N) is 1. The highest BCUT2D eigenvalue weighted by atomic mass is 35.5. The van der Waals surface area contributed by atoms with Crippen molar-refractivity contribution in [3.8, 4) is 5.75 Å². The van der Waals surface area contributed by atoms with Crippen molar-refractivity contribution < 1.29 is 9.84 Å². The molecule has 0 amide bonds. The first-order chi connectivity index (χ1) is 9.15. The molecule has 4 heteroatoms. The SMILES string of the molecule is Cc1cc(Cl)ccc1OC[C@@H](O)CN1CCCCC1. The number of hydrogen-bond acceptors (Lipinski definition) is 3. The summed E-state index contributed by atoms with van der Waals surface area (Å²) in [6.07, 6.45) is 3.36. The van der Waals surface area contributed by atoms with Crippen LogP contribution in [0.15, 0.2) is 18.2 Å². The topological polar surface area (TPSA) is 32.7 Å². The lowest BCUT2D eigenvalue weighted by molar-refractivity contribution is 0.0615. The molecule has 1 aromatic rings. The maximum atomic E-state index is 10.0. The summed E-state index contributed by atoms with van der Waals surface area (Å²) in [7, 11) is 0. The summed E-state index contributed by atoms with van der Waals surface area (Å²) in [4.78, 5) is 2.31. The van der Waals surface area contributed by atoms with Crippen molar-refractivity contribution in [1.82, 2.24) is 4.90 Å². The highest BCUT2D eigenvalue weighted by Gasteiger charge is 2.15. The second-order valence-electron chi connectivity index (χ2n) is 5.24. The number of likely N-dealkylation sites (tertiary alicyclic amines) is 1. The van der Waals surface area contributed by atoms with Crippen molar-refractivity contribution in [2.75, 3.05) is 26.2 Å². The van der Waals surface area contributed by atoms with Crippen molar-refractivity contribution >= 4 is 11.6 Å². The molecular formula is C15H22ClNO2. The number of ether oxygens (including phenoxy) is 1. The molecule has 0 radical (unpaired) electrons. The average Bonchev–Trinajstić information content (AvgIpc) is 2.39. The van der Waals surface area contributed by atoms with E-state index in [9.17, 15) is 5.11 Å². The molecule has 1 saturated heterocycles. The highest BCUT2D eigenvalue weighted by molar-refractivity contribution is 6.30. The fourth-order valence-electron chi connectivity index (χ4n) is 2.45. The minimum absolute atomic E-state index is 0.332. The smallest absolute Gasteiger partial charge is 0.122 e. The van der Waals surface area contributed by atoms with E-state index in [4.69, 9.17) is 16.3 Å². The largest absolute Gasteiger partial charge is 0.491 e. The van der Waals surface area contributed by atoms with Crippen LogP contribution in [0, 0.1) is 6.92 Å². The second kappa shape index (κ2) is 7.13. The Balaban J connectivity index is 1.77. The predicted octanol–water partition coefficient (Wildman–Crippen LogP) is 2.87. The van der Waals surface area contributed by atoms with Crippen LogP contribution < -0.4 is 4.74 Å². The third kappa shape index (κ3) is 4.68. The Morgan fingerprint density at radius 1 is 1.32 bits per heavy atom. The van der Waals surface area contributed by atoms with E-state index in [1.807, 2.05) is 19.1 Å². The fourth-order valence-corrected chi connectivity index (χ4v) is 2.68. The zero-order valence-electron chi connectivity index (χ0n) is 11.4. The minimum atomic E-state index is -0.437. The van der Waals surface area contributed by atoms with Gasteiger partial charge < -0.3 is 14.7 Å². The minimum Gasteiger partial charge on any atom is -0.491 e. The number of aliphatic hydroxyl groups excluding tert-OH is 1. The van der Waals surface area contributed by atoms with Crippen LogP contribution in [0.1, 0.15) is 24.8 Å². The van der Waals surface area contributed by atoms with Crippen LogP contribution in [0.4, 0.5) is 0 Å². The van der Waals surface area contributed by atoms with Gasteiger partial charge in [0, 0.05) is 11.6 Å². The Hall–Kier alpha value is -0.770. The molecule has 0 bridgehead atoms. The molecule has 1 fully saturated rings. The molecule has 0 aromatic heterocycles. The molecule has 3 nitrogen and oxygen atoms in total. The standard InChI is InChI=1S/C15H22ClNO2/c1-12-9-13(16)5-6-15(12)19-11-14(18)10-17-7-3-2-4-8-17/h5-6,9,14,18H,2-4,7-8,10-11H2,1H3/t14-/m0/s1. The van der Waals surface area contributed by atoms with Crippen LogP contribution in [-0.4, -0.2) is 42.4 Å². The molecule has 1 atom stereocenters. The normalized spacial score (nSPS) is 18.3. The number of hydrogen-bond donors (Lipinski definition) is 1. The second-order valence-corrected chi connectivity index (χ2v) is 5.67. The zero-order chi connectivity index (χ0) is 13.7. The molecule has 0 unspecified atom stereocenters. The van der Waals surface area contributed by atoms with Gasteiger partial charge in [0.25, 0.3) is 0 Å². The fraction of sp³-hybridized carbons (Fsp3) is 0.600. The van der Waals surface area contributed by atoms with Gasteiger partial charge in [0.15, 0.2) is 0 Å². The van der Waals surface area contributed by atoms with Gasteiger partial charge in [-0.15, -0.1) is 0 Å². The first-order valence-corrected chi connectivity index (χ1v) is 7.32. The third-order valence-corrected chi connectivity index (χ3v) is 3.72. The summed E-state index contributed by atoms with van der Waals surface area (Å²) in [6.45, 7) is 5.18. The molecule has 2 rings (SSSR count). The van der Waals surface area contributed by atoms with Crippen LogP contribution in [0.25, 0.3) is 0 Å². The van der Waals surface area contributed by atoms with Gasteiger partial charge in [-0.3, -0.25) is 0 Å². The summed E-state index contributed by atoms with van der Waals surface area (Å²) in [5.41, 5.74) is 0.998. The van der Waals surface area contributed by atoms with Crippen LogP contribution in [0.3, 0.4) is 0 Å². The van der Waals surface area contributed by atoms with Gasteiger partial charge in [-0.25, -0.2) is 0 Å². The van der Waals surface area contributed by atoms with Gasteiger partial charge in [-0.2, -0.15) is 0 Å². The van der Waals surface area contributed by atoms with Gasteiger partial charge in [0.1, 0.15) is 18.5 Å². The monoisotopic (exact) mass is 283 g/mol. The Labute approximate surface area is 120 Å². The van der Waals surface area contributed by atoms with E-state index in [-0.39, 0.29) is 0 Å². The molecule has 1 aliphatic rings. The van der Waals surface area contributed by atoms with Crippen molar-refractivity contribution in [1.29, 1.82) is 0 Å². The highest BCUT2D eigenvalue weighted by Crippen LogP contribution is 2.22. The molecule has 106 valence electrons. The number of benzene rings is 1. The van der Waals surface area contributed by atoms with E-state index >= 15 is 0 Å². The predicted molar refractivity (Wildman–Crippen MR) is 78.0 cm³/mol. The molecule has 0 spiro atoms. The van der Waals surface area contributed by atoms with Crippen LogP contribution in [0.2, 0.25) is 5.02 Å². The Morgan fingerprint density at radius 2 is 2.05 bits per heavy atom. The number of piperidine rings is 1. The number of aliphatic hydroxyl groups is 1. The van der Waals surface area contributed by atoms with E-state index in [1.54, 1.807) is 6.07 Å². The van der Waals surface area contributed by atoms with Gasteiger partial charge in [-0.1, -0.05) is 18.0 Å². The summed E-state index contributed by atoms with van der Waals surface area (Å²) in [5.74, 6) is 0.794. The summed E-state index contributed by atoms with van der Waals surface area (Å²) in [6, 6.07) is 5.53. The molecule has 19 heavy (non-hydrogen) atoms. The zero-order valence-corrected chi connectivity index (χ0v) is 12.2. The first-order valence-electron chi connectivity index (χ1n) is 6.94. The Kier molecular flexibility index (Phi) is 5.49. The molecule has 0 aliphatic carbocycles. The van der Waals surface area contributed by atoms with Crippen LogP contribution >= 0.6 is 11.6 Å². The number of β-amino-alcohol motifs (C(OH)–C–C–N with tert-alkyl or cyclic N) is 1. The average molecular weight is 284 g/mol. The lowest BCUT2D eigenvalue weighted by atomic mass is 10.1. The lowest BCUT2D eigenvalue weighted by Gasteiger charge is -2.28. The van der Waals surface area contributed by atoms with Gasteiger partial charge in [0.05, 0.1) is 0 Å².